The molecule has 0 fully saturated rings. The fourth-order valence-electron chi connectivity index (χ4n) is 1.79. The standard InChI is InChI=1S/C14H23NO/c1-11(2)8-12-4-6-13(7-5-12)14(3,9-15)10-16/h4-7,11,16H,8-10,15H2,1-3H3. The molecule has 0 radical (unpaired) electrons. The average molecular weight is 221 g/mol. The summed E-state index contributed by atoms with van der Waals surface area (Å²) in [5.74, 6) is 0.671. The predicted molar refractivity (Wildman–Crippen MR) is 68.5 cm³/mol. The third-order valence-corrected chi connectivity index (χ3v) is 3.09. The van der Waals surface area contributed by atoms with E-state index in [1.165, 1.54) is 5.56 Å². The molecule has 1 aromatic rings. The average Bonchev–Trinajstić information content (AvgIpc) is 2.28. The molecule has 0 heterocycles. The lowest BCUT2D eigenvalue weighted by molar-refractivity contribution is 0.210. The number of hydrogen-bond acceptors (Lipinski definition) is 2. The Morgan fingerprint density at radius 2 is 1.81 bits per heavy atom. The van der Waals surface area contributed by atoms with Crippen LogP contribution in [0, 0.1) is 5.92 Å². The van der Waals surface area contributed by atoms with Crippen LogP contribution in [0.1, 0.15) is 31.9 Å². The smallest absolute Gasteiger partial charge is 0.0537 e. The maximum Gasteiger partial charge on any atom is 0.0537 e. The Kier molecular flexibility index (Phi) is 4.51. The summed E-state index contributed by atoms with van der Waals surface area (Å²) in [5.41, 5.74) is 7.86. The van der Waals surface area contributed by atoms with E-state index in [-0.39, 0.29) is 12.0 Å². The Hall–Kier alpha value is -0.860. The molecule has 90 valence electrons. The zero-order valence-electron chi connectivity index (χ0n) is 10.5. The Morgan fingerprint density at radius 1 is 1.25 bits per heavy atom. The van der Waals surface area contributed by atoms with Crippen molar-refractivity contribution in [2.45, 2.75) is 32.6 Å². The van der Waals surface area contributed by atoms with E-state index in [9.17, 15) is 5.11 Å². The number of hydrogen-bond donors (Lipinski definition) is 2. The third-order valence-electron chi connectivity index (χ3n) is 3.09. The highest BCUT2D eigenvalue weighted by atomic mass is 16.3. The summed E-state index contributed by atoms with van der Waals surface area (Å²) in [7, 11) is 0. The van der Waals surface area contributed by atoms with Crippen molar-refractivity contribution < 1.29 is 5.11 Å². The molecule has 0 amide bonds. The van der Waals surface area contributed by atoms with Crippen molar-refractivity contribution in [1.82, 2.24) is 0 Å². The normalized spacial score (nSPS) is 15.1. The van der Waals surface area contributed by atoms with E-state index in [2.05, 4.69) is 38.1 Å². The molecule has 0 aromatic heterocycles. The van der Waals surface area contributed by atoms with Crippen LogP contribution in [-0.4, -0.2) is 18.3 Å². The quantitative estimate of drug-likeness (QED) is 0.800. The third kappa shape index (κ3) is 3.06. The predicted octanol–water partition coefficient (Wildman–Crippen LogP) is 2.09. The van der Waals surface area contributed by atoms with Crippen LogP contribution in [0.4, 0.5) is 0 Å². The van der Waals surface area contributed by atoms with Crippen LogP contribution < -0.4 is 5.73 Å². The van der Waals surface area contributed by atoms with E-state index in [1.54, 1.807) is 0 Å². The van der Waals surface area contributed by atoms with Gasteiger partial charge in [-0.15, -0.1) is 0 Å². The molecule has 1 rings (SSSR count). The molecule has 1 unspecified atom stereocenters. The van der Waals surface area contributed by atoms with Gasteiger partial charge in [0.15, 0.2) is 0 Å². The fourth-order valence-corrected chi connectivity index (χ4v) is 1.79. The summed E-state index contributed by atoms with van der Waals surface area (Å²) in [6.45, 7) is 6.97. The van der Waals surface area contributed by atoms with Gasteiger partial charge in [-0.25, -0.2) is 0 Å². The highest BCUT2D eigenvalue weighted by molar-refractivity contribution is 5.29. The van der Waals surface area contributed by atoms with Gasteiger partial charge in [0.2, 0.25) is 0 Å². The minimum absolute atomic E-state index is 0.0903. The van der Waals surface area contributed by atoms with Crippen LogP contribution in [0.2, 0.25) is 0 Å². The first kappa shape index (κ1) is 13.2. The van der Waals surface area contributed by atoms with Gasteiger partial charge in [-0.1, -0.05) is 45.0 Å². The lowest BCUT2D eigenvalue weighted by Gasteiger charge is -2.26. The van der Waals surface area contributed by atoms with Crippen LogP contribution in [0.25, 0.3) is 0 Å². The van der Waals surface area contributed by atoms with Crippen LogP contribution in [-0.2, 0) is 11.8 Å². The van der Waals surface area contributed by atoms with E-state index in [0.717, 1.165) is 12.0 Å². The number of aliphatic hydroxyl groups is 1. The summed E-state index contributed by atoms with van der Waals surface area (Å²) in [6.07, 6.45) is 1.10. The van der Waals surface area contributed by atoms with Gasteiger partial charge in [0.05, 0.1) is 6.61 Å². The molecular weight excluding hydrogens is 198 g/mol. The zero-order chi connectivity index (χ0) is 12.2. The maximum atomic E-state index is 9.37. The molecular formula is C14H23NO. The van der Waals surface area contributed by atoms with Gasteiger partial charge < -0.3 is 10.8 Å². The summed E-state index contributed by atoms with van der Waals surface area (Å²) in [4.78, 5) is 0. The molecule has 2 heteroatoms. The van der Waals surface area contributed by atoms with E-state index < -0.39 is 0 Å². The second-order valence-electron chi connectivity index (χ2n) is 5.22. The fraction of sp³-hybridized carbons (Fsp3) is 0.571. The van der Waals surface area contributed by atoms with Crippen molar-refractivity contribution in [3.05, 3.63) is 35.4 Å². The van der Waals surface area contributed by atoms with Crippen molar-refractivity contribution in [2.24, 2.45) is 11.7 Å². The first-order valence-electron chi connectivity index (χ1n) is 5.92. The topological polar surface area (TPSA) is 46.2 Å². The minimum atomic E-state index is -0.309. The minimum Gasteiger partial charge on any atom is -0.395 e. The van der Waals surface area contributed by atoms with Gasteiger partial charge >= 0.3 is 0 Å². The summed E-state index contributed by atoms with van der Waals surface area (Å²) < 4.78 is 0. The number of benzene rings is 1. The van der Waals surface area contributed by atoms with Gasteiger partial charge in [-0.3, -0.25) is 0 Å². The second-order valence-corrected chi connectivity index (χ2v) is 5.22. The van der Waals surface area contributed by atoms with Crippen molar-refractivity contribution in [2.75, 3.05) is 13.2 Å². The molecule has 16 heavy (non-hydrogen) atoms. The van der Waals surface area contributed by atoms with E-state index in [0.29, 0.717) is 12.5 Å². The number of rotatable bonds is 5. The zero-order valence-corrected chi connectivity index (χ0v) is 10.5. The lowest BCUT2D eigenvalue weighted by atomic mass is 9.83. The summed E-state index contributed by atoms with van der Waals surface area (Å²) >= 11 is 0. The van der Waals surface area contributed by atoms with E-state index in [1.807, 2.05) is 6.92 Å². The maximum absolute atomic E-state index is 9.37. The van der Waals surface area contributed by atoms with Gasteiger partial charge in [-0.05, 0) is 23.5 Å². The van der Waals surface area contributed by atoms with Gasteiger partial charge in [0.1, 0.15) is 0 Å². The molecule has 0 aliphatic heterocycles. The first-order valence-corrected chi connectivity index (χ1v) is 5.92. The van der Waals surface area contributed by atoms with Gasteiger partial charge in [0, 0.05) is 12.0 Å². The van der Waals surface area contributed by atoms with Crippen molar-refractivity contribution in [3.63, 3.8) is 0 Å². The SMILES string of the molecule is CC(C)Cc1ccc(C(C)(CN)CO)cc1. The highest BCUT2D eigenvalue weighted by Crippen LogP contribution is 2.22. The molecule has 1 atom stereocenters. The largest absolute Gasteiger partial charge is 0.395 e. The molecule has 0 aliphatic rings. The van der Waals surface area contributed by atoms with Crippen molar-refractivity contribution >= 4 is 0 Å². The van der Waals surface area contributed by atoms with Crippen LogP contribution in [0.3, 0.4) is 0 Å². The summed E-state index contributed by atoms with van der Waals surface area (Å²) in [6, 6.07) is 8.44. The molecule has 3 N–H and O–H groups in total. The van der Waals surface area contributed by atoms with E-state index in [4.69, 9.17) is 5.73 Å². The van der Waals surface area contributed by atoms with Crippen molar-refractivity contribution in [3.8, 4) is 0 Å². The number of nitrogens with two attached hydrogens (primary N) is 1. The molecule has 0 saturated carbocycles. The Bertz CT molecular complexity index is 312. The number of aliphatic hydroxyl groups excluding tert-OH is 1. The van der Waals surface area contributed by atoms with Gasteiger partial charge in [0.25, 0.3) is 0 Å². The van der Waals surface area contributed by atoms with E-state index >= 15 is 0 Å². The Balaban J connectivity index is 2.85. The van der Waals surface area contributed by atoms with Crippen molar-refractivity contribution in [1.29, 1.82) is 0 Å². The van der Waals surface area contributed by atoms with Crippen LogP contribution in [0.15, 0.2) is 24.3 Å². The second kappa shape index (κ2) is 5.46. The van der Waals surface area contributed by atoms with Crippen LogP contribution in [0.5, 0.6) is 0 Å². The first-order chi connectivity index (χ1) is 7.51. The highest BCUT2D eigenvalue weighted by Gasteiger charge is 2.23. The molecule has 0 saturated heterocycles. The monoisotopic (exact) mass is 221 g/mol. The Labute approximate surface area is 98.5 Å². The Morgan fingerprint density at radius 3 is 2.19 bits per heavy atom. The molecule has 0 bridgehead atoms. The molecule has 2 nitrogen and oxygen atoms in total. The molecule has 0 aliphatic carbocycles. The van der Waals surface area contributed by atoms with Gasteiger partial charge in [-0.2, -0.15) is 0 Å². The molecule has 1 aromatic carbocycles. The lowest BCUT2D eigenvalue weighted by Crippen LogP contribution is -2.35. The molecule has 0 spiro atoms. The van der Waals surface area contributed by atoms with Crippen LogP contribution >= 0.6 is 0 Å². The summed E-state index contributed by atoms with van der Waals surface area (Å²) in [5, 5.41) is 9.37.